The number of hydrogen-bond acceptors (Lipinski definition) is 4. The zero-order valence-electron chi connectivity index (χ0n) is 16.5. The van der Waals surface area contributed by atoms with Gasteiger partial charge in [0, 0.05) is 23.9 Å². The SMILES string of the molecule is N#Cc1cc(C(=O)N[C@H]2CCn3nc(-c4ccnc(C(F)(F)F)c4)cc32)cc(C(F)(F)F)c1. The van der Waals surface area contributed by atoms with E-state index in [4.69, 9.17) is 5.26 Å². The van der Waals surface area contributed by atoms with Crippen LogP contribution < -0.4 is 5.32 Å². The molecule has 1 atom stereocenters. The molecule has 4 rings (SSSR count). The van der Waals surface area contributed by atoms with E-state index in [2.05, 4.69) is 15.4 Å². The molecule has 0 saturated carbocycles. The molecule has 1 aliphatic rings. The summed E-state index contributed by atoms with van der Waals surface area (Å²) in [4.78, 5) is 15.9. The highest BCUT2D eigenvalue weighted by Crippen LogP contribution is 2.34. The summed E-state index contributed by atoms with van der Waals surface area (Å²) in [5.41, 5.74) is -1.92. The Balaban J connectivity index is 1.59. The van der Waals surface area contributed by atoms with Gasteiger partial charge in [0.15, 0.2) is 0 Å². The summed E-state index contributed by atoms with van der Waals surface area (Å²) in [6.45, 7) is 0.351. The molecule has 1 aliphatic heterocycles. The largest absolute Gasteiger partial charge is 0.433 e. The number of amides is 1. The normalized spacial score (nSPS) is 15.7. The summed E-state index contributed by atoms with van der Waals surface area (Å²) in [7, 11) is 0. The molecule has 33 heavy (non-hydrogen) atoms. The fourth-order valence-corrected chi connectivity index (χ4v) is 3.55. The van der Waals surface area contributed by atoms with Gasteiger partial charge in [0.05, 0.1) is 34.6 Å². The van der Waals surface area contributed by atoms with Gasteiger partial charge in [-0.15, -0.1) is 0 Å². The lowest BCUT2D eigenvalue weighted by atomic mass is 10.0. The van der Waals surface area contributed by atoms with E-state index in [-0.39, 0.29) is 22.4 Å². The molecule has 6 nitrogen and oxygen atoms in total. The third-order valence-electron chi connectivity index (χ3n) is 5.10. The standard InChI is InChI=1S/C21H13F6N5O/c22-20(23,24)14-6-11(10-28)5-13(7-14)19(33)30-15-2-4-32-17(15)9-16(31-32)12-1-3-29-18(8-12)21(25,26)27/h1,3,5-9,15H,2,4H2,(H,30,33)/t15-/m0/s1. The lowest BCUT2D eigenvalue weighted by molar-refractivity contribution is -0.141. The average molecular weight is 465 g/mol. The van der Waals surface area contributed by atoms with Crippen LogP contribution in [0.3, 0.4) is 0 Å². The molecular weight excluding hydrogens is 452 g/mol. The third-order valence-corrected chi connectivity index (χ3v) is 5.10. The fourth-order valence-electron chi connectivity index (χ4n) is 3.55. The van der Waals surface area contributed by atoms with Crippen LogP contribution in [0.25, 0.3) is 11.3 Å². The summed E-state index contributed by atoms with van der Waals surface area (Å²) in [5, 5.41) is 15.9. The van der Waals surface area contributed by atoms with Crippen molar-refractivity contribution in [3.63, 3.8) is 0 Å². The summed E-state index contributed by atoms with van der Waals surface area (Å²) in [6.07, 6.45) is -7.95. The lowest BCUT2D eigenvalue weighted by Crippen LogP contribution is -2.27. The predicted octanol–water partition coefficient (Wildman–Crippen LogP) is 4.73. The van der Waals surface area contributed by atoms with E-state index in [1.165, 1.54) is 16.8 Å². The number of aryl methyl sites for hydroxylation is 1. The zero-order valence-corrected chi connectivity index (χ0v) is 16.5. The van der Waals surface area contributed by atoms with Gasteiger partial charge in [-0.05, 0) is 42.8 Å². The molecule has 1 N–H and O–H groups in total. The van der Waals surface area contributed by atoms with Gasteiger partial charge < -0.3 is 5.32 Å². The maximum atomic E-state index is 13.1. The van der Waals surface area contributed by atoms with E-state index in [9.17, 15) is 31.1 Å². The van der Waals surface area contributed by atoms with E-state index in [0.717, 1.165) is 18.3 Å². The number of fused-ring (bicyclic) bond motifs is 1. The monoisotopic (exact) mass is 465 g/mol. The number of benzene rings is 1. The number of nitrogens with one attached hydrogen (secondary N) is 1. The number of carbonyl (C=O) groups is 1. The Hall–Kier alpha value is -3.88. The van der Waals surface area contributed by atoms with Crippen LogP contribution in [-0.2, 0) is 18.9 Å². The molecule has 12 heteroatoms. The van der Waals surface area contributed by atoms with Crippen LogP contribution >= 0.6 is 0 Å². The van der Waals surface area contributed by atoms with Gasteiger partial charge >= 0.3 is 12.4 Å². The Morgan fingerprint density at radius 3 is 2.52 bits per heavy atom. The molecule has 3 aromatic rings. The molecule has 0 spiro atoms. The molecule has 0 saturated heterocycles. The zero-order chi connectivity index (χ0) is 24.0. The molecule has 0 fully saturated rings. The van der Waals surface area contributed by atoms with Crippen molar-refractivity contribution in [1.82, 2.24) is 20.1 Å². The molecule has 170 valence electrons. The first kappa shape index (κ1) is 22.3. The first-order valence-corrected chi connectivity index (χ1v) is 9.50. The van der Waals surface area contributed by atoms with Gasteiger partial charge in [-0.1, -0.05) is 0 Å². The Morgan fingerprint density at radius 1 is 1.09 bits per heavy atom. The van der Waals surface area contributed by atoms with Gasteiger partial charge in [0.1, 0.15) is 5.69 Å². The molecule has 1 amide bonds. The Labute approximate surface area is 182 Å². The van der Waals surface area contributed by atoms with Crippen LogP contribution in [-0.4, -0.2) is 20.7 Å². The highest BCUT2D eigenvalue weighted by molar-refractivity contribution is 5.95. The third kappa shape index (κ3) is 4.52. The van der Waals surface area contributed by atoms with Gasteiger partial charge in [-0.3, -0.25) is 14.5 Å². The van der Waals surface area contributed by atoms with Crippen LogP contribution in [0.15, 0.2) is 42.6 Å². The summed E-state index contributed by atoms with van der Waals surface area (Å²) in [5.74, 6) is -0.818. The van der Waals surface area contributed by atoms with Gasteiger partial charge in [0.2, 0.25) is 0 Å². The van der Waals surface area contributed by atoms with Crippen molar-refractivity contribution in [2.24, 2.45) is 0 Å². The van der Waals surface area contributed by atoms with Crippen molar-refractivity contribution in [1.29, 1.82) is 5.26 Å². The number of alkyl halides is 6. The molecular formula is C21H13F6N5O. The van der Waals surface area contributed by atoms with Gasteiger partial charge in [0.25, 0.3) is 5.91 Å². The van der Waals surface area contributed by atoms with E-state index < -0.39 is 35.6 Å². The van der Waals surface area contributed by atoms with Crippen molar-refractivity contribution in [2.75, 3.05) is 0 Å². The number of pyridine rings is 1. The van der Waals surface area contributed by atoms with Crippen LogP contribution in [0.4, 0.5) is 26.3 Å². The highest BCUT2D eigenvalue weighted by Gasteiger charge is 2.34. The van der Waals surface area contributed by atoms with Gasteiger partial charge in [-0.25, -0.2) is 0 Å². The van der Waals surface area contributed by atoms with Crippen molar-refractivity contribution in [3.05, 3.63) is 70.7 Å². The van der Waals surface area contributed by atoms with Crippen molar-refractivity contribution >= 4 is 5.91 Å². The molecule has 3 heterocycles. The minimum atomic E-state index is -4.73. The maximum absolute atomic E-state index is 13.1. The smallest absolute Gasteiger partial charge is 0.344 e. The second-order valence-electron chi connectivity index (χ2n) is 7.33. The van der Waals surface area contributed by atoms with Crippen LogP contribution in [0.1, 0.15) is 45.3 Å². The number of rotatable bonds is 3. The molecule has 2 aromatic heterocycles. The summed E-state index contributed by atoms with van der Waals surface area (Å²) in [6, 6.07) is 7.08. The lowest BCUT2D eigenvalue weighted by Gasteiger charge is -2.14. The van der Waals surface area contributed by atoms with Gasteiger partial charge in [-0.2, -0.15) is 36.7 Å². The first-order chi connectivity index (χ1) is 15.5. The Morgan fingerprint density at radius 2 is 1.85 bits per heavy atom. The molecule has 0 unspecified atom stereocenters. The first-order valence-electron chi connectivity index (χ1n) is 9.50. The predicted molar refractivity (Wildman–Crippen MR) is 101 cm³/mol. The van der Waals surface area contributed by atoms with E-state index >= 15 is 0 Å². The minimum absolute atomic E-state index is 0.181. The van der Waals surface area contributed by atoms with Crippen LogP contribution in [0.5, 0.6) is 0 Å². The van der Waals surface area contributed by atoms with Crippen LogP contribution in [0, 0.1) is 11.3 Å². The summed E-state index contributed by atoms with van der Waals surface area (Å²) >= 11 is 0. The van der Waals surface area contributed by atoms with Crippen LogP contribution in [0.2, 0.25) is 0 Å². The average Bonchev–Trinajstić information content (AvgIpc) is 3.34. The van der Waals surface area contributed by atoms with E-state index in [1.54, 1.807) is 6.07 Å². The Kier molecular flexibility index (Phi) is 5.35. The van der Waals surface area contributed by atoms with Crippen molar-refractivity contribution < 1.29 is 31.1 Å². The number of nitriles is 1. The van der Waals surface area contributed by atoms with E-state index in [1.807, 2.05) is 0 Å². The fraction of sp³-hybridized carbons (Fsp3) is 0.238. The maximum Gasteiger partial charge on any atom is 0.433 e. The topological polar surface area (TPSA) is 83.6 Å². The number of carbonyl (C=O) groups excluding carboxylic acids is 1. The summed E-state index contributed by atoms with van der Waals surface area (Å²) < 4.78 is 79.6. The Bertz CT molecular complexity index is 1270. The minimum Gasteiger partial charge on any atom is -0.344 e. The molecule has 0 aliphatic carbocycles. The molecule has 0 radical (unpaired) electrons. The quantitative estimate of drug-likeness (QED) is 0.567. The molecule has 1 aromatic carbocycles. The van der Waals surface area contributed by atoms with Crippen molar-refractivity contribution in [3.8, 4) is 17.3 Å². The number of aromatic nitrogens is 3. The second-order valence-corrected chi connectivity index (χ2v) is 7.33. The number of nitrogens with zero attached hydrogens (tertiary/aromatic N) is 4. The second kappa shape index (κ2) is 7.91. The number of hydrogen-bond donors (Lipinski definition) is 1. The van der Waals surface area contributed by atoms with E-state index in [0.29, 0.717) is 30.8 Å². The van der Waals surface area contributed by atoms with Crippen molar-refractivity contribution in [2.45, 2.75) is 31.4 Å². The number of halogens is 6. The highest BCUT2D eigenvalue weighted by atomic mass is 19.4. The molecule has 0 bridgehead atoms.